The molecule has 21 heavy (non-hydrogen) atoms. The molecule has 0 aromatic heterocycles. The number of amides is 1. The lowest BCUT2D eigenvalue weighted by molar-refractivity contribution is 0.0949. The first-order valence-corrected chi connectivity index (χ1v) is 7.58. The van der Waals surface area contributed by atoms with E-state index >= 15 is 0 Å². The van der Waals surface area contributed by atoms with E-state index in [-0.39, 0.29) is 5.91 Å². The van der Waals surface area contributed by atoms with Crippen molar-refractivity contribution in [2.24, 2.45) is 0 Å². The molecule has 0 spiro atoms. The maximum absolute atomic E-state index is 12.2. The molecule has 1 amide bonds. The van der Waals surface area contributed by atoms with Gasteiger partial charge in [0.05, 0.1) is 12.2 Å². The first kappa shape index (κ1) is 16.0. The zero-order valence-electron chi connectivity index (χ0n) is 11.5. The lowest BCUT2D eigenvalue weighted by atomic mass is 10.1. The minimum atomic E-state index is -0.147. The molecule has 2 aromatic carbocycles. The Labute approximate surface area is 137 Å². The van der Waals surface area contributed by atoms with Crippen molar-refractivity contribution in [2.75, 3.05) is 7.11 Å². The van der Waals surface area contributed by atoms with E-state index in [2.05, 4.69) is 21.2 Å². The lowest BCUT2D eigenvalue weighted by Gasteiger charge is -2.11. The van der Waals surface area contributed by atoms with E-state index < -0.39 is 0 Å². The quantitative estimate of drug-likeness (QED) is 0.860. The zero-order valence-corrected chi connectivity index (χ0v) is 13.9. The fraction of sp³-hybridized carbons (Fsp3) is 0.188. The van der Waals surface area contributed by atoms with Crippen molar-refractivity contribution >= 4 is 33.4 Å². The van der Waals surface area contributed by atoms with Gasteiger partial charge in [-0.05, 0) is 45.3 Å². The Morgan fingerprint density at radius 1 is 1.24 bits per heavy atom. The molecule has 0 saturated heterocycles. The third kappa shape index (κ3) is 4.30. The number of hydrogen-bond donors (Lipinski definition) is 1. The predicted molar refractivity (Wildman–Crippen MR) is 87.5 cm³/mol. The predicted octanol–water partition coefficient (Wildman–Crippen LogP) is 4.18. The fourth-order valence-electron chi connectivity index (χ4n) is 1.97. The number of carbonyl (C=O) groups excluding carboxylic acids is 1. The van der Waals surface area contributed by atoms with Crippen molar-refractivity contribution in [2.45, 2.75) is 13.2 Å². The summed E-state index contributed by atoms with van der Waals surface area (Å²) in [6.07, 6.45) is 0. The van der Waals surface area contributed by atoms with Gasteiger partial charge < -0.3 is 10.1 Å². The first-order valence-electron chi connectivity index (χ1n) is 6.41. The Morgan fingerprint density at radius 2 is 1.95 bits per heavy atom. The molecule has 3 nitrogen and oxygen atoms in total. The maximum atomic E-state index is 12.2. The van der Waals surface area contributed by atoms with E-state index in [0.717, 1.165) is 11.1 Å². The molecule has 0 heterocycles. The number of halogens is 2. The number of rotatable bonds is 5. The van der Waals surface area contributed by atoms with Gasteiger partial charge in [-0.3, -0.25) is 4.79 Å². The van der Waals surface area contributed by atoms with Gasteiger partial charge in [-0.2, -0.15) is 0 Å². The highest BCUT2D eigenvalue weighted by molar-refractivity contribution is 9.10. The molecule has 0 aliphatic carbocycles. The molecular formula is C16H15BrClNO2. The number of hydrogen-bond acceptors (Lipinski definition) is 2. The van der Waals surface area contributed by atoms with Crippen LogP contribution in [-0.4, -0.2) is 13.0 Å². The molecule has 2 rings (SSSR count). The summed E-state index contributed by atoms with van der Waals surface area (Å²) in [7, 11) is 1.65. The van der Waals surface area contributed by atoms with Crippen molar-refractivity contribution in [3.05, 3.63) is 68.7 Å². The summed E-state index contributed by atoms with van der Waals surface area (Å²) in [5.41, 5.74) is 2.66. The molecule has 0 radical (unpaired) electrons. The second kappa shape index (κ2) is 7.59. The summed E-state index contributed by atoms with van der Waals surface area (Å²) in [4.78, 5) is 12.2. The van der Waals surface area contributed by atoms with E-state index in [9.17, 15) is 4.79 Å². The van der Waals surface area contributed by atoms with E-state index in [1.165, 1.54) is 0 Å². The average Bonchev–Trinajstić information content (AvgIpc) is 2.46. The van der Waals surface area contributed by atoms with Crippen LogP contribution < -0.4 is 5.32 Å². The highest BCUT2D eigenvalue weighted by Crippen LogP contribution is 2.21. The van der Waals surface area contributed by atoms with E-state index in [1.54, 1.807) is 25.3 Å². The Kier molecular flexibility index (Phi) is 5.79. The van der Waals surface area contributed by atoms with E-state index in [1.807, 2.05) is 24.3 Å². The van der Waals surface area contributed by atoms with Gasteiger partial charge in [0.15, 0.2) is 0 Å². The fourth-order valence-corrected chi connectivity index (χ4v) is 2.83. The normalized spacial score (nSPS) is 10.4. The summed E-state index contributed by atoms with van der Waals surface area (Å²) in [5.74, 6) is -0.147. The van der Waals surface area contributed by atoms with Gasteiger partial charge >= 0.3 is 0 Å². The second-order valence-electron chi connectivity index (χ2n) is 4.51. The molecule has 2 aromatic rings. The Bertz CT molecular complexity index is 646. The second-order valence-corrected chi connectivity index (χ2v) is 5.80. The Hall–Kier alpha value is -1.36. The van der Waals surface area contributed by atoms with Crippen molar-refractivity contribution < 1.29 is 9.53 Å². The molecule has 110 valence electrons. The monoisotopic (exact) mass is 367 g/mol. The lowest BCUT2D eigenvalue weighted by Crippen LogP contribution is -2.23. The van der Waals surface area contributed by atoms with Crippen LogP contribution in [0.1, 0.15) is 21.5 Å². The molecule has 0 aliphatic heterocycles. The van der Waals surface area contributed by atoms with Crippen LogP contribution in [-0.2, 0) is 17.9 Å². The molecule has 0 bridgehead atoms. The van der Waals surface area contributed by atoms with Crippen LogP contribution in [0.5, 0.6) is 0 Å². The van der Waals surface area contributed by atoms with Crippen LogP contribution in [0.2, 0.25) is 5.02 Å². The Balaban J connectivity index is 2.07. The number of benzene rings is 2. The molecule has 0 fully saturated rings. The van der Waals surface area contributed by atoms with Gasteiger partial charge in [-0.25, -0.2) is 0 Å². The van der Waals surface area contributed by atoms with Crippen molar-refractivity contribution in [1.82, 2.24) is 5.32 Å². The molecule has 1 N–H and O–H groups in total. The van der Waals surface area contributed by atoms with Crippen molar-refractivity contribution in [3.8, 4) is 0 Å². The van der Waals surface area contributed by atoms with Crippen LogP contribution in [0, 0.1) is 0 Å². The minimum Gasteiger partial charge on any atom is -0.380 e. The summed E-state index contributed by atoms with van der Waals surface area (Å²) in [5, 5.41) is 3.49. The van der Waals surface area contributed by atoms with Gasteiger partial charge in [-0.15, -0.1) is 0 Å². The maximum Gasteiger partial charge on any atom is 0.252 e. The summed E-state index contributed by atoms with van der Waals surface area (Å²) in [6.45, 7) is 0.976. The molecule has 0 unspecified atom stereocenters. The van der Waals surface area contributed by atoms with Gasteiger partial charge in [0.25, 0.3) is 5.91 Å². The summed E-state index contributed by atoms with van der Waals surface area (Å²) < 4.78 is 5.84. The number of methoxy groups -OCH3 is 1. The first-order chi connectivity index (χ1) is 10.1. The van der Waals surface area contributed by atoms with Crippen LogP contribution in [0.25, 0.3) is 0 Å². The van der Waals surface area contributed by atoms with Crippen LogP contribution >= 0.6 is 27.5 Å². The zero-order chi connectivity index (χ0) is 15.2. The largest absolute Gasteiger partial charge is 0.380 e. The van der Waals surface area contributed by atoms with Crippen LogP contribution in [0.4, 0.5) is 0 Å². The highest BCUT2D eigenvalue weighted by Gasteiger charge is 2.11. The summed E-state index contributed by atoms with van der Waals surface area (Å²) >= 11 is 9.22. The molecule has 0 saturated carbocycles. The number of carbonyl (C=O) groups is 1. The van der Waals surface area contributed by atoms with Crippen molar-refractivity contribution in [3.63, 3.8) is 0 Å². The minimum absolute atomic E-state index is 0.147. The van der Waals surface area contributed by atoms with E-state index in [4.69, 9.17) is 16.3 Å². The summed E-state index contributed by atoms with van der Waals surface area (Å²) in [6, 6.07) is 13.0. The average molecular weight is 369 g/mol. The van der Waals surface area contributed by atoms with Crippen molar-refractivity contribution in [1.29, 1.82) is 0 Å². The third-order valence-corrected chi connectivity index (χ3v) is 3.92. The van der Waals surface area contributed by atoms with E-state index in [0.29, 0.717) is 28.2 Å². The van der Waals surface area contributed by atoms with Gasteiger partial charge in [0, 0.05) is 23.1 Å². The SMILES string of the molecule is COCc1ccccc1CNC(=O)c1ccc(Cl)cc1Br. The molecule has 5 heteroatoms. The Morgan fingerprint density at radius 3 is 2.62 bits per heavy atom. The van der Waals surface area contributed by atoms with Gasteiger partial charge in [0.2, 0.25) is 0 Å². The smallest absolute Gasteiger partial charge is 0.252 e. The highest BCUT2D eigenvalue weighted by atomic mass is 79.9. The number of nitrogens with one attached hydrogen (secondary N) is 1. The number of ether oxygens (including phenoxy) is 1. The van der Waals surface area contributed by atoms with Gasteiger partial charge in [-0.1, -0.05) is 35.9 Å². The molecule has 0 aliphatic rings. The van der Waals surface area contributed by atoms with Crippen LogP contribution in [0.15, 0.2) is 46.9 Å². The standard InChI is InChI=1S/C16H15BrClNO2/c1-21-10-12-5-3-2-4-11(12)9-19-16(20)14-7-6-13(18)8-15(14)17/h2-8H,9-10H2,1H3,(H,19,20). The topological polar surface area (TPSA) is 38.3 Å². The van der Waals surface area contributed by atoms with Gasteiger partial charge in [0.1, 0.15) is 0 Å². The molecule has 0 atom stereocenters. The molecular weight excluding hydrogens is 354 g/mol. The van der Waals surface area contributed by atoms with Crippen LogP contribution in [0.3, 0.4) is 0 Å². The third-order valence-electron chi connectivity index (χ3n) is 3.03.